The Bertz CT molecular complexity index is 414. The molecule has 88 valence electrons. The van der Waals surface area contributed by atoms with E-state index in [4.69, 9.17) is 0 Å². The Morgan fingerprint density at radius 3 is 2.25 bits per heavy atom. The lowest BCUT2D eigenvalue weighted by atomic mass is 9.56. The molecular weight excluding hydrogens is 210 g/mol. The fourth-order valence-electron chi connectivity index (χ4n) is 3.15. The SMILES string of the molecule is CC1(C)[C@]2(C(=O)O)CC[C@@]1(C)C(=O)NC2=O. The number of amides is 2. The first-order valence-electron chi connectivity index (χ1n) is 5.29. The van der Waals surface area contributed by atoms with Crippen molar-refractivity contribution in [2.75, 3.05) is 0 Å². The van der Waals surface area contributed by atoms with Crippen molar-refractivity contribution in [1.82, 2.24) is 5.32 Å². The standard InChI is InChI=1S/C11H15NO4/c1-9(2)10(3)4-5-11(9,8(15)16)7(14)12-6(10)13/h4-5H2,1-3H3,(H,15,16)(H,12,13,14)/t10-,11+/m0/s1. The van der Waals surface area contributed by atoms with E-state index >= 15 is 0 Å². The summed E-state index contributed by atoms with van der Waals surface area (Å²) in [6.07, 6.45) is 0.660. The van der Waals surface area contributed by atoms with Gasteiger partial charge >= 0.3 is 5.97 Å². The van der Waals surface area contributed by atoms with Crippen molar-refractivity contribution < 1.29 is 19.5 Å². The number of hydrogen-bond donors (Lipinski definition) is 2. The minimum Gasteiger partial charge on any atom is -0.480 e. The highest BCUT2D eigenvalue weighted by atomic mass is 16.4. The monoisotopic (exact) mass is 225 g/mol. The molecule has 2 aliphatic rings. The van der Waals surface area contributed by atoms with E-state index in [0.29, 0.717) is 6.42 Å². The maximum Gasteiger partial charge on any atom is 0.319 e. The number of carboxylic acids is 1. The Balaban J connectivity index is 2.69. The largest absolute Gasteiger partial charge is 0.480 e. The van der Waals surface area contributed by atoms with Crippen LogP contribution in [0, 0.1) is 16.2 Å². The summed E-state index contributed by atoms with van der Waals surface area (Å²) in [5.41, 5.74) is -3.10. The van der Waals surface area contributed by atoms with E-state index in [1.165, 1.54) is 0 Å². The fraction of sp³-hybridized carbons (Fsp3) is 0.727. The van der Waals surface area contributed by atoms with Gasteiger partial charge in [0.1, 0.15) is 0 Å². The smallest absolute Gasteiger partial charge is 0.319 e. The number of aliphatic carboxylic acids is 1. The Morgan fingerprint density at radius 1 is 1.19 bits per heavy atom. The first-order valence-corrected chi connectivity index (χ1v) is 5.29. The summed E-state index contributed by atoms with van der Waals surface area (Å²) in [6, 6.07) is 0. The van der Waals surface area contributed by atoms with Gasteiger partial charge in [-0.3, -0.25) is 19.7 Å². The number of rotatable bonds is 1. The van der Waals surface area contributed by atoms with E-state index in [9.17, 15) is 19.5 Å². The van der Waals surface area contributed by atoms with Crippen LogP contribution in [0.25, 0.3) is 0 Å². The molecule has 2 N–H and O–H groups in total. The van der Waals surface area contributed by atoms with Gasteiger partial charge in [0.05, 0.1) is 5.41 Å². The zero-order valence-electron chi connectivity index (χ0n) is 9.59. The normalized spacial score (nSPS) is 40.7. The predicted molar refractivity (Wildman–Crippen MR) is 54.3 cm³/mol. The Morgan fingerprint density at radius 2 is 1.75 bits per heavy atom. The zero-order chi connectivity index (χ0) is 12.4. The molecule has 2 amide bonds. The van der Waals surface area contributed by atoms with Gasteiger partial charge in [0.15, 0.2) is 5.41 Å². The van der Waals surface area contributed by atoms with Crippen LogP contribution in [0.5, 0.6) is 0 Å². The second-order valence-electron chi connectivity index (χ2n) is 5.45. The molecule has 0 radical (unpaired) electrons. The first-order chi connectivity index (χ1) is 7.20. The molecule has 2 rings (SSSR count). The summed E-state index contributed by atoms with van der Waals surface area (Å²) in [7, 11) is 0. The molecule has 0 aromatic carbocycles. The molecule has 1 saturated carbocycles. The fourth-order valence-corrected chi connectivity index (χ4v) is 3.15. The number of piperidine rings is 1. The summed E-state index contributed by atoms with van der Waals surface area (Å²) in [5, 5.41) is 11.6. The minimum atomic E-state index is -1.46. The summed E-state index contributed by atoms with van der Waals surface area (Å²) in [5.74, 6) is -2.15. The third-order valence-electron chi connectivity index (χ3n) is 4.93. The predicted octanol–water partition coefficient (Wildman–Crippen LogP) is 0.540. The molecule has 2 bridgehead atoms. The molecular formula is C11H15NO4. The van der Waals surface area contributed by atoms with Crippen LogP contribution in [-0.4, -0.2) is 22.9 Å². The number of fused-ring (bicyclic) bond motifs is 2. The second kappa shape index (κ2) is 2.64. The van der Waals surface area contributed by atoms with Gasteiger partial charge in [0.25, 0.3) is 0 Å². The van der Waals surface area contributed by atoms with Crippen molar-refractivity contribution in [2.24, 2.45) is 16.2 Å². The van der Waals surface area contributed by atoms with Crippen molar-refractivity contribution >= 4 is 17.8 Å². The minimum absolute atomic E-state index is 0.226. The van der Waals surface area contributed by atoms with Crippen molar-refractivity contribution in [3.05, 3.63) is 0 Å². The number of nitrogens with one attached hydrogen (secondary N) is 1. The van der Waals surface area contributed by atoms with Gasteiger partial charge in [-0.1, -0.05) is 20.8 Å². The molecule has 1 saturated heterocycles. The maximum absolute atomic E-state index is 11.9. The van der Waals surface area contributed by atoms with E-state index in [0.717, 1.165) is 0 Å². The third-order valence-corrected chi connectivity index (χ3v) is 4.93. The average Bonchev–Trinajstić information content (AvgIpc) is 2.29. The van der Waals surface area contributed by atoms with Crippen molar-refractivity contribution in [1.29, 1.82) is 0 Å². The molecule has 2 fully saturated rings. The molecule has 0 aromatic heterocycles. The van der Waals surface area contributed by atoms with Crippen LogP contribution in [0.1, 0.15) is 33.6 Å². The molecule has 0 aromatic rings. The van der Waals surface area contributed by atoms with Crippen LogP contribution in [0.2, 0.25) is 0 Å². The van der Waals surface area contributed by atoms with Gasteiger partial charge in [-0.05, 0) is 12.8 Å². The molecule has 5 heteroatoms. The topological polar surface area (TPSA) is 83.5 Å². The highest BCUT2D eigenvalue weighted by Gasteiger charge is 2.73. The molecule has 16 heavy (non-hydrogen) atoms. The number of carbonyl (C=O) groups excluding carboxylic acids is 2. The Kier molecular flexibility index (Phi) is 1.84. The van der Waals surface area contributed by atoms with E-state index < -0.39 is 28.1 Å². The lowest BCUT2D eigenvalue weighted by Crippen LogP contribution is -2.65. The van der Waals surface area contributed by atoms with Crippen molar-refractivity contribution in [3.63, 3.8) is 0 Å². The number of imide groups is 1. The summed E-state index contributed by atoms with van der Waals surface area (Å²) in [6.45, 7) is 5.13. The van der Waals surface area contributed by atoms with E-state index in [1.54, 1.807) is 20.8 Å². The van der Waals surface area contributed by atoms with Gasteiger partial charge in [-0.15, -0.1) is 0 Å². The molecule has 1 aliphatic carbocycles. The van der Waals surface area contributed by atoms with Crippen LogP contribution in [0.4, 0.5) is 0 Å². The molecule has 0 spiro atoms. The van der Waals surface area contributed by atoms with Gasteiger partial charge in [0, 0.05) is 5.41 Å². The second-order valence-corrected chi connectivity index (χ2v) is 5.45. The van der Waals surface area contributed by atoms with Crippen LogP contribution in [0.15, 0.2) is 0 Å². The Labute approximate surface area is 93.2 Å². The molecule has 5 nitrogen and oxygen atoms in total. The lowest BCUT2D eigenvalue weighted by molar-refractivity contribution is -0.174. The van der Waals surface area contributed by atoms with Gasteiger partial charge in [-0.25, -0.2) is 0 Å². The lowest BCUT2D eigenvalue weighted by Gasteiger charge is -2.48. The van der Waals surface area contributed by atoms with Gasteiger partial charge in [0.2, 0.25) is 11.8 Å². The summed E-state index contributed by atoms with van der Waals surface area (Å²) < 4.78 is 0. The molecule has 1 aliphatic heterocycles. The quantitative estimate of drug-likeness (QED) is 0.504. The number of hydrogen-bond acceptors (Lipinski definition) is 3. The van der Waals surface area contributed by atoms with Crippen LogP contribution >= 0.6 is 0 Å². The van der Waals surface area contributed by atoms with Crippen molar-refractivity contribution in [3.8, 4) is 0 Å². The van der Waals surface area contributed by atoms with Crippen LogP contribution < -0.4 is 5.32 Å². The van der Waals surface area contributed by atoms with Crippen LogP contribution in [0.3, 0.4) is 0 Å². The third kappa shape index (κ3) is 0.817. The maximum atomic E-state index is 11.9. The highest BCUT2D eigenvalue weighted by Crippen LogP contribution is 2.64. The van der Waals surface area contributed by atoms with Crippen molar-refractivity contribution in [2.45, 2.75) is 33.6 Å². The van der Waals surface area contributed by atoms with Gasteiger partial charge in [-0.2, -0.15) is 0 Å². The average molecular weight is 225 g/mol. The van der Waals surface area contributed by atoms with Gasteiger partial charge < -0.3 is 5.11 Å². The zero-order valence-corrected chi connectivity index (χ0v) is 9.59. The summed E-state index contributed by atoms with van der Waals surface area (Å²) in [4.78, 5) is 35.1. The highest BCUT2D eigenvalue weighted by molar-refractivity contribution is 6.14. The molecule has 2 atom stereocenters. The number of carbonyl (C=O) groups is 3. The number of carboxylic acid groups (broad SMARTS) is 1. The first kappa shape index (κ1) is 11.1. The summed E-state index contributed by atoms with van der Waals surface area (Å²) >= 11 is 0. The van der Waals surface area contributed by atoms with E-state index in [1.807, 2.05) is 0 Å². The molecule has 1 heterocycles. The van der Waals surface area contributed by atoms with E-state index in [2.05, 4.69) is 5.32 Å². The van der Waals surface area contributed by atoms with E-state index in [-0.39, 0.29) is 12.3 Å². The molecule has 0 unspecified atom stereocenters. The Hall–Kier alpha value is -1.39. The van der Waals surface area contributed by atoms with Crippen LogP contribution in [-0.2, 0) is 14.4 Å².